The van der Waals surface area contributed by atoms with Gasteiger partial charge in [-0.25, -0.2) is 15.0 Å². The molecule has 3 aromatic heterocycles. The minimum atomic E-state index is 0.618. The lowest BCUT2D eigenvalue weighted by Gasteiger charge is -2.10. The first-order chi connectivity index (χ1) is 27.8. The molecule has 262 valence electrons. The van der Waals surface area contributed by atoms with Gasteiger partial charge in [-0.15, -0.1) is 0 Å². The summed E-state index contributed by atoms with van der Waals surface area (Å²) in [5.74, 6) is 1.89. The van der Waals surface area contributed by atoms with Crippen LogP contribution in [0, 0.1) is 0 Å². The second-order valence-corrected chi connectivity index (χ2v) is 14.0. The van der Waals surface area contributed by atoms with Gasteiger partial charge < -0.3 is 8.98 Å². The molecule has 0 atom stereocenters. The van der Waals surface area contributed by atoms with Gasteiger partial charge in [-0.05, 0) is 52.6 Å². The third kappa shape index (κ3) is 5.29. The van der Waals surface area contributed by atoms with E-state index in [2.05, 4.69) is 138 Å². The van der Waals surface area contributed by atoms with Gasteiger partial charge in [0.1, 0.15) is 5.58 Å². The third-order valence-electron chi connectivity index (χ3n) is 10.7. The van der Waals surface area contributed by atoms with E-state index in [0.29, 0.717) is 17.5 Å². The number of rotatable bonds is 6. The summed E-state index contributed by atoms with van der Waals surface area (Å²) in [4.78, 5) is 14.9. The maximum atomic E-state index is 6.87. The Kier molecular flexibility index (Phi) is 7.42. The first kappa shape index (κ1) is 31.9. The van der Waals surface area contributed by atoms with Gasteiger partial charge in [0.05, 0.1) is 16.7 Å². The van der Waals surface area contributed by atoms with Crippen LogP contribution in [0.1, 0.15) is 0 Å². The normalized spacial score (nSPS) is 11.6. The predicted octanol–water partition coefficient (Wildman–Crippen LogP) is 13.2. The topological polar surface area (TPSA) is 56.7 Å². The van der Waals surface area contributed by atoms with E-state index in [1.807, 2.05) is 60.7 Å². The molecule has 5 heteroatoms. The summed E-state index contributed by atoms with van der Waals surface area (Å²) in [6.45, 7) is 0. The van der Waals surface area contributed by atoms with Gasteiger partial charge in [-0.1, -0.05) is 164 Å². The molecule has 0 aliphatic heterocycles. The van der Waals surface area contributed by atoms with Crippen molar-refractivity contribution in [2.24, 2.45) is 0 Å². The summed E-state index contributed by atoms with van der Waals surface area (Å²) in [5, 5.41) is 4.53. The summed E-state index contributed by atoms with van der Waals surface area (Å²) in [6.07, 6.45) is 0. The van der Waals surface area contributed by atoms with Crippen molar-refractivity contribution in [3.05, 3.63) is 194 Å². The van der Waals surface area contributed by atoms with Crippen LogP contribution in [0.4, 0.5) is 0 Å². The Labute approximate surface area is 322 Å². The number of furan rings is 1. The Hall–Kier alpha value is -7.63. The highest BCUT2D eigenvalue weighted by atomic mass is 16.3. The van der Waals surface area contributed by atoms with Crippen LogP contribution in [-0.4, -0.2) is 19.5 Å². The maximum Gasteiger partial charge on any atom is 0.164 e. The second kappa shape index (κ2) is 13.0. The zero-order valence-electron chi connectivity index (χ0n) is 30.2. The Bertz CT molecular complexity index is 3180. The minimum absolute atomic E-state index is 0.618. The van der Waals surface area contributed by atoms with E-state index in [9.17, 15) is 0 Å². The molecule has 0 amide bonds. The molecule has 0 spiro atoms. The number of aromatic nitrogens is 4. The molecule has 8 aromatic carbocycles. The van der Waals surface area contributed by atoms with E-state index >= 15 is 0 Å². The van der Waals surface area contributed by atoms with E-state index in [1.54, 1.807) is 0 Å². The van der Waals surface area contributed by atoms with Crippen molar-refractivity contribution in [1.29, 1.82) is 0 Å². The molecule has 0 aliphatic carbocycles. The molecule has 0 fully saturated rings. The molecule has 0 saturated heterocycles. The Morgan fingerprint density at radius 1 is 0.357 bits per heavy atom. The molecule has 11 rings (SSSR count). The van der Waals surface area contributed by atoms with Crippen LogP contribution in [0.5, 0.6) is 0 Å². The van der Waals surface area contributed by atoms with Crippen LogP contribution >= 0.6 is 0 Å². The molecule has 0 unspecified atom stereocenters. The van der Waals surface area contributed by atoms with Crippen molar-refractivity contribution in [2.45, 2.75) is 0 Å². The Morgan fingerprint density at radius 2 is 0.911 bits per heavy atom. The third-order valence-corrected chi connectivity index (χ3v) is 10.7. The molecular formula is C51H32N4O. The standard InChI is InChI=1S/C51H32N4O/c1-4-15-33(16-5-1)36-29-30-41-40-23-10-11-26-43(40)55(45(41)32-36)44-27-13-25-42-47-39(24-14-28-46(47)56-48(42)44)37-21-12-22-38(31-37)51-53-49(34-17-6-2-7-18-34)52-50(54-51)35-19-8-3-9-20-35/h1-32H. The van der Waals surface area contributed by atoms with Crippen LogP contribution < -0.4 is 0 Å². The smallest absolute Gasteiger partial charge is 0.164 e. The van der Waals surface area contributed by atoms with Crippen molar-refractivity contribution in [3.63, 3.8) is 0 Å². The van der Waals surface area contributed by atoms with E-state index < -0.39 is 0 Å². The number of nitrogens with zero attached hydrogens (tertiary/aromatic N) is 4. The maximum absolute atomic E-state index is 6.87. The first-order valence-electron chi connectivity index (χ1n) is 18.8. The van der Waals surface area contributed by atoms with Crippen LogP contribution in [0.15, 0.2) is 199 Å². The zero-order chi connectivity index (χ0) is 37.0. The number of benzene rings is 8. The number of para-hydroxylation sites is 2. The van der Waals surface area contributed by atoms with Gasteiger partial charge in [0, 0.05) is 38.2 Å². The van der Waals surface area contributed by atoms with Gasteiger partial charge in [-0.2, -0.15) is 0 Å². The van der Waals surface area contributed by atoms with Crippen LogP contribution in [0.3, 0.4) is 0 Å². The molecule has 0 radical (unpaired) electrons. The van der Waals surface area contributed by atoms with Crippen LogP contribution in [0.25, 0.3) is 106 Å². The minimum Gasteiger partial charge on any atom is -0.454 e. The van der Waals surface area contributed by atoms with Crippen molar-refractivity contribution in [3.8, 4) is 62.1 Å². The molecule has 0 N–H and O–H groups in total. The fourth-order valence-corrected chi connectivity index (χ4v) is 8.05. The van der Waals surface area contributed by atoms with Gasteiger partial charge in [0.25, 0.3) is 0 Å². The Balaban J connectivity index is 1.09. The van der Waals surface area contributed by atoms with E-state index in [1.165, 1.54) is 21.9 Å². The molecule has 11 aromatic rings. The zero-order valence-corrected chi connectivity index (χ0v) is 30.2. The molecule has 0 aliphatic rings. The van der Waals surface area contributed by atoms with Gasteiger partial charge in [0.2, 0.25) is 0 Å². The molecule has 5 nitrogen and oxygen atoms in total. The number of hydrogen-bond acceptors (Lipinski definition) is 4. The Morgan fingerprint density at radius 3 is 1.64 bits per heavy atom. The predicted molar refractivity (Wildman–Crippen MR) is 229 cm³/mol. The number of fused-ring (bicyclic) bond motifs is 6. The largest absolute Gasteiger partial charge is 0.454 e. The summed E-state index contributed by atoms with van der Waals surface area (Å²) in [6, 6.07) is 67.4. The van der Waals surface area contributed by atoms with Gasteiger partial charge in [0.15, 0.2) is 23.1 Å². The quantitative estimate of drug-likeness (QED) is 0.172. The average Bonchev–Trinajstić information content (AvgIpc) is 3.83. The highest BCUT2D eigenvalue weighted by molar-refractivity contribution is 6.16. The van der Waals surface area contributed by atoms with Crippen molar-refractivity contribution in [1.82, 2.24) is 19.5 Å². The molecule has 56 heavy (non-hydrogen) atoms. The summed E-state index contributed by atoms with van der Waals surface area (Å²) in [7, 11) is 0. The summed E-state index contributed by atoms with van der Waals surface area (Å²) < 4.78 is 9.23. The van der Waals surface area contributed by atoms with E-state index in [-0.39, 0.29) is 0 Å². The first-order valence-corrected chi connectivity index (χ1v) is 18.8. The average molecular weight is 717 g/mol. The van der Waals surface area contributed by atoms with Crippen LogP contribution in [-0.2, 0) is 0 Å². The molecule has 0 saturated carbocycles. The summed E-state index contributed by atoms with van der Waals surface area (Å²) in [5.41, 5.74) is 12.2. The molecular weight excluding hydrogens is 685 g/mol. The number of hydrogen-bond donors (Lipinski definition) is 0. The fraction of sp³-hybridized carbons (Fsp3) is 0. The van der Waals surface area contributed by atoms with Crippen LogP contribution in [0.2, 0.25) is 0 Å². The van der Waals surface area contributed by atoms with Gasteiger partial charge >= 0.3 is 0 Å². The second-order valence-electron chi connectivity index (χ2n) is 14.0. The SMILES string of the molecule is c1ccc(-c2ccc3c4ccccc4n(-c4cccc5c4oc4cccc(-c6cccc(-c7nc(-c8ccccc8)nc(-c8ccccc8)n7)c6)c45)c3c2)cc1. The van der Waals surface area contributed by atoms with Crippen molar-refractivity contribution >= 4 is 43.7 Å². The molecule has 3 heterocycles. The highest BCUT2D eigenvalue weighted by Gasteiger charge is 2.20. The fourth-order valence-electron chi connectivity index (χ4n) is 8.05. The van der Waals surface area contributed by atoms with E-state index in [0.717, 1.165) is 66.5 Å². The van der Waals surface area contributed by atoms with Crippen molar-refractivity contribution in [2.75, 3.05) is 0 Å². The van der Waals surface area contributed by atoms with Crippen molar-refractivity contribution < 1.29 is 4.42 Å². The lowest BCUT2D eigenvalue weighted by Crippen LogP contribution is -2.00. The molecule has 0 bridgehead atoms. The van der Waals surface area contributed by atoms with E-state index in [4.69, 9.17) is 19.4 Å². The monoisotopic (exact) mass is 716 g/mol. The lowest BCUT2D eigenvalue weighted by atomic mass is 9.97. The highest BCUT2D eigenvalue weighted by Crippen LogP contribution is 2.42. The van der Waals surface area contributed by atoms with Gasteiger partial charge in [-0.3, -0.25) is 0 Å². The summed E-state index contributed by atoms with van der Waals surface area (Å²) >= 11 is 0. The lowest BCUT2D eigenvalue weighted by molar-refractivity contribution is 0.666.